The van der Waals surface area contributed by atoms with E-state index in [0.717, 1.165) is 5.69 Å². The molecule has 2 amide bonds. The first kappa shape index (κ1) is 16.1. The Kier molecular flexibility index (Phi) is 4.01. The van der Waals surface area contributed by atoms with Crippen LogP contribution in [0.5, 0.6) is 5.75 Å². The van der Waals surface area contributed by atoms with E-state index in [1.54, 1.807) is 18.2 Å². The van der Waals surface area contributed by atoms with Crippen molar-refractivity contribution in [2.24, 2.45) is 0 Å². The highest BCUT2D eigenvalue weighted by atomic mass is 16.5. The van der Waals surface area contributed by atoms with Crippen molar-refractivity contribution in [3.05, 3.63) is 53.6 Å². The van der Waals surface area contributed by atoms with Crippen molar-refractivity contribution < 1.29 is 14.3 Å². The number of rotatable bonds is 2. The van der Waals surface area contributed by atoms with Gasteiger partial charge in [0.05, 0.1) is 5.69 Å². The van der Waals surface area contributed by atoms with E-state index >= 15 is 0 Å². The lowest BCUT2D eigenvalue weighted by Gasteiger charge is -2.19. The van der Waals surface area contributed by atoms with Gasteiger partial charge in [-0.15, -0.1) is 0 Å². The molecule has 0 fully saturated rings. The maximum Gasteiger partial charge on any atom is 0.262 e. The van der Waals surface area contributed by atoms with Crippen molar-refractivity contribution in [1.29, 1.82) is 0 Å². The SMILES string of the molecule is CC(C)(C)c1ccc(NC(=O)c2ccc3c(c2)OCC(=O)N3)cc1. The van der Waals surface area contributed by atoms with Gasteiger partial charge in [0.25, 0.3) is 11.8 Å². The van der Waals surface area contributed by atoms with Gasteiger partial charge in [-0.3, -0.25) is 9.59 Å². The number of benzene rings is 2. The Morgan fingerprint density at radius 1 is 1.12 bits per heavy atom. The maximum absolute atomic E-state index is 12.4. The van der Waals surface area contributed by atoms with Gasteiger partial charge in [-0.05, 0) is 41.3 Å². The highest BCUT2D eigenvalue weighted by molar-refractivity contribution is 6.05. The van der Waals surface area contributed by atoms with E-state index in [0.29, 0.717) is 17.0 Å². The summed E-state index contributed by atoms with van der Waals surface area (Å²) >= 11 is 0. The fourth-order valence-electron chi connectivity index (χ4n) is 2.47. The molecule has 0 saturated heterocycles. The number of amides is 2. The lowest BCUT2D eigenvalue weighted by atomic mass is 9.87. The van der Waals surface area contributed by atoms with Gasteiger partial charge in [0.2, 0.25) is 0 Å². The largest absolute Gasteiger partial charge is 0.482 e. The molecular weight excluding hydrogens is 304 g/mol. The lowest BCUT2D eigenvalue weighted by molar-refractivity contribution is -0.118. The first-order valence-electron chi connectivity index (χ1n) is 7.81. The Hall–Kier alpha value is -2.82. The first-order chi connectivity index (χ1) is 11.3. The zero-order valence-corrected chi connectivity index (χ0v) is 14.0. The Morgan fingerprint density at radius 2 is 1.83 bits per heavy atom. The molecule has 0 radical (unpaired) electrons. The first-order valence-corrected chi connectivity index (χ1v) is 7.81. The van der Waals surface area contributed by atoms with Crippen molar-refractivity contribution in [2.75, 3.05) is 17.2 Å². The topological polar surface area (TPSA) is 67.4 Å². The van der Waals surface area contributed by atoms with E-state index in [4.69, 9.17) is 4.74 Å². The number of nitrogens with one attached hydrogen (secondary N) is 2. The molecule has 0 aliphatic carbocycles. The molecule has 2 N–H and O–H groups in total. The summed E-state index contributed by atoms with van der Waals surface area (Å²) in [5.41, 5.74) is 3.07. The Balaban J connectivity index is 1.74. The molecule has 2 aromatic carbocycles. The summed E-state index contributed by atoms with van der Waals surface area (Å²) in [4.78, 5) is 23.7. The molecule has 0 unspecified atom stereocenters. The van der Waals surface area contributed by atoms with Crippen LogP contribution < -0.4 is 15.4 Å². The number of ether oxygens (including phenoxy) is 1. The summed E-state index contributed by atoms with van der Waals surface area (Å²) in [6, 6.07) is 12.8. The second kappa shape index (κ2) is 6.00. The average molecular weight is 324 g/mol. The number of hydrogen-bond acceptors (Lipinski definition) is 3. The van der Waals surface area contributed by atoms with Crippen LogP contribution in [0.15, 0.2) is 42.5 Å². The smallest absolute Gasteiger partial charge is 0.262 e. The molecule has 0 spiro atoms. The number of anilines is 2. The highest BCUT2D eigenvalue weighted by Gasteiger charge is 2.18. The summed E-state index contributed by atoms with van der Waals surface area (Å²) in [5, 5.41) is 5.57. The van der Waals surface area contributed by atoms with E-state index in [2.05, 4.69) is 31.4 Å². The molecule has 124 valence electrons. The van der Waals surface area contributed by atoms with Gasteiger partial charge >= 0.3 is 0 Å². The quantitative estimate of drug-likeness (QED) is 0.887. The minimum Gasteiger partial charge on any atom is -0.482 e. The molecule has 1 heterocycles. The number of carbonyl (C=O) groups excluding carboxylic acids is 2. The zero-order chi connectivity index (χ0) is 17.3. The van der Waals surface area contributed by atoms with E-state index < -0.39 is 0 Å². The van der Waals surface area contributed by atoms with Crippen LogP contribution in [0.3, 0.4) is 0 Å². The van der Waals surface area contributed by atoms with Crippen LogP contribution in [-0.4, -0.2) is 18.4 Å². The van der Waals surface area contributed by atoms with Crippen molar-refractivity contribution in [3.63, 3.8) is 0 Å². The second-order valence-electron chi connectivity index (χ2n) is 6.83. The lowest BCUT2D eigenvalue weighted by Crippen LogP contribution is -2.25. The van der Waals surface area contributed by atoms with Crippen molar-refractivity contribution in [1.82, 2.24) is 0 Å². The molecule has 24 heavy (non-hydrogen) atoms. The third kappa shape index (κ3) is 3.40. The van der Waals surface area contributed by atoms with Crippen LogP contribution in [0.4, 0.5) is 11.4 Å². The van der Waals surface area contributed by atoms with E-state index in [-0.39, 0.29) is 23.8 Å². The van der Waals surface area contributed by atoms with Crippen molar-refractivity contribution in [3.8, 4) is 5.75 Å². The standard InChI is InChI=1S/C19H20N2O3/c1-19(2,3)13-5-7-14(8-6-13)20-18(23)12-4-9-15-16(10-12)24-11-17(22)21-15/h4-10H,11H2,1-3H3,(H,20,23)(H,21,22). The molecule has 0 bridgehead atoms. The van der Waals surface area contributed by atoms with Gasteiger partial charge in [0.15, 0.2) is 6.61 Å². The van der Waals surface area contributed by atoms with Gasteiger partial charge in [-0.25, -0.2) is 0 Å². The van der Waals surface area contributed by atoms with Crippen molar-refractivity contribution in [2.45, 2.75) is 26.2 Å². The van der Waals surface area contributed by atoms with E-state index in [1.165, 1.54) is 5.56 Å². The van der Waals surface area contributed by atoms with Gasteiger partial charge in [0.1, 0.15) is 5.75 Å². The summed E-state index contributed by atoms with van der Waals surface area (Å²) in [6.07, 6.45) is 0. The van der Waals surface area contributed by atoms with E-state index in [9.17, 15) is 9.59 Å². The van der Waals surface area contributed by atoms with Gasteiger partial charge in [-0.1, -0.05) is 32.9 Å². The summed E-state index contributed by atoms with van der Waals surface area (Å²) in [6.45, 7) is 6.40. The van der Waals surface area contributed by atoms with Gasteiger partial charge in [0, 0.05) is 11.3 Å². The monoisotopic (exact) mass is 324 g/mol. The molecule has 1 aliphatic rings. The van der Waals surface area contributed by atoms with Gasteiger partial charge in [-0.2, -0.15) is 0 Å². The Bertz CT molecular complexity index is 789. The molecule has 5 nitrogen and oxygen atoms in total. The summed E-state index contributed by atoms with van der Waals surface area (Å²) < 4.78 is 5.34. The molecule has 3 rings (SSSR count). The Labute approximate surface area is 141 Å². The number of carbonyl (C=O) groups is 2. The molecule has 0 saturated carbocycles. The minimum absolute atomic E-state index is 0.0354. The highest BCUT2D eigenvalue weighted by Crippen LogP contribution is 2.29. The normalized spacial score (nSPS) is 13.5. The molecular formula is C19H20N2O3. The van der Waals surface area contributed by atoms with Gasteiger partial charge < -0.3 is 15.4 Å². The zero-order valence-electron chi connectivity index (χ0n) is 14.0. The van der Waals surface area contributed by atoms with E-state index in [1.807, 2.05) is 24.3 Å². The molecule has 0 atom stereocenters. The average Bonchev–Trinajstić information content (AvgIpc) is 2.54. The van der Waals surface area contributed by atoms with Crippen molar-refractivity contribution >= 4 is 23.2 Å². The van der Waals surface area contributed by atoms with Crippen LogP contribution in [0.25, 0.3) is 0 Å². The summed E-state index contributed by atoms with van der Waals surface area (Å²) in [7, 11) is 0. The second-order valence-corrected chi connectivity index (χ2v) is 6.83. The van der Waals surface area contributed by atoms with Crippen LogP contribution in [0.2, 0.25) is 0 Å². The maximum atomic E-state index is 12.4. The third-order valence-corrected chi connectivity index (χ3v) is 3.89. The van der Waals surface area contributed by atoms with Crippen LogP contribution in [-0.2, 0) is 10.2 Å². The summed E-state index contributed by atoms with van der Waals surface area (Å²) in [5.74, 6) is 0.0887. The van der Waals surface area contributed by atoms with Crippen LogP contribution in [0, 0.1) is 0 Å². The van der Waals surface area contributed by atoms with Crippen LogP contribution >= 0.6 is 0 Å². The fourth-order valence-corrected chi connectivity index (χ4v) is 2.47. The van der Waals surface area contributed by atoms with Crippen LogP contribution in [0.1, 0.15) is 36.7 Å². The molecule has 5 heteroatoms. The molecule has 2 aromatic rings. The predicted octanol–water partition coefficient (Wildman–Crippen LogP) is 3.57. The predicted molar refractivity (Wildman–Crippen MR) is 93.7 cm³/mol. The minimum atomic E-state index is -0.221. The third-order valence-electron chi connectivity index (χ3n) is 3.89. The number of fused-ring (bicyclic) bond motifs is 1. The molecule has 0 aromatic heterocycles. The number of hydrogen-bond donors (Lipinski definition) is 2. The molecule has 1 aliphatic heterocycles. The fraction of sp³-hybridized carbons (Fsp3) is 0.263. The Morgan fingerprint density at radius 3 is 2.50 bits per heavy atom.